The Hall–Kier alpha value is -1.20. The number of aromatic nitrogens is 3. The van der Waals surface area contributed by atoms with Gasteiger partial charge >= 0.3 is 0 Å². The van der Waals surface area contributed by atoms with Gasteiger partial charge in [-0.15, -0.1) is 0 Å². The van der Waals surface area contributed by atoms with Crippen molar-refractivity contribution >= 4 is 15.9 Å². The number of nitrogens with zero attached hydrogens (tertiary/aromatic N) is 3. The van der Waals surface area contributed by atoms with Crippen LogP contribution in [0.5, 0.6) is 0 Å². The molecule has 0 saturated heterocycles. The Morgan fingerprint density at radius 1 is 1.41 bits per heavy atom. The van der Waals surface area contributed by atoms with Crippen LogP contribution in [0.15, 0.2) is 35.1 Å². The first-order valence-corrected chi connectivity index (χ1v) is 6.36. The Morgan fingerprint density at radius 3 is 2.88 bits per heavy atom. The van der Waals surface area contributed by atoms with Crippen LogP contribution in [0.3, 0.4) is 0 Å². The number of pyridine rings is 1. The van der Waals surface area contributed by atoms with Crippen LogP contribution in [0.4, 0.5) is 0 Å². The Kier molecular flexibility index (Phi) is 3.91. The first-order valence-electron chi connectivity index (χ1n) is 5.57. The Morgan fingerprint density at radius 2 is 2.24 bits per heavy atom. The summed E-state index contributed by atoms with van der Waals surface area (Å²) in [6, 6.07) is 5.98. The number of nitrogens with one attached hydrogen (secondary N) is 1. The van der Waals surface area contributed by atoms with Crippen LogP contribution in [-0.2, 0) is 6.54 Å². The second-order valence-electron chi connectivity index (χ2n) is 3.66. The molecule has 0 aliphatic heterocycles. The average molecular weight is 295 g/mol. The van der Waals surface area contributed by atoms with E-state index in [1.165, 1.54) is 0 Å². The smallest absolute Gasteiger partial charge is 0.0931 e. The maximum atomic E-state index is 4.43. The van der Waals surface area contributed by atoms with Gasteiger partial charge in [-0.05, 0) is 48.1 Å². The zero-order valence-corrected chi connectivity index (χ0v) is 11.5. The van der Waals surface area contributed by atoms with E-state index in [1.807, 2.05) is 36.1 Å². The van der Waals surface area contributed by atoms with Gasteiger partial charge < -0.3 is 5.32 Å². The van der Waals surface area contributed by atoms with Gasteiger partial charge in [-0.2, -0.15) is 5.10 Å². The van der Waals surface area contributed by atoms with E-state index in [-0.39, 0.29) is 6.04 Å². The summed E-state index contributed by atoms with van der Waals surface area (Å²) in [5.41, 5.74) is 2.10. The monoisotopic (exact) mass is 294 g/mol. The van der Waals surface area contributed by atoms with Gasteiger partial charge in [0.05, 0.1) is 17.4 Å². The minimum Gasteiger partial charge on any atom is -0.307 e. The molecule has 1 atom stereocenters. The molecule has 2 aromatic heterocycles. The van der Waals surface area contributed by atoms with Crippen molar-refractivity contribution in [2.24, 2.45) is 0 Å². The standard InChI is InChI=1S/C12H15BrN4/c1-3-17-10(6-8-16-17)12(14-2)11-9(13)5-4-7-15-11/h4-8,12,14H,3H2,1-2H3. The van der Waals surface area contributed by atoms with Crippen molar-refractivity contribution in [3.8, 4) is 0 Å². The predicted octanol–water partition coefficient (Wildman–Crippen LogP) is 2.37. The van der Waals surface area contributed by atoms with Gasteiger partial charge in [-0.25, -0.2) is 0 Å². The normalized spacial score (nSPS) is 12.6. The van der Waals surface area contributed by atoms with Crippen molar-refractivity contribution in [3.63, 3.8) is 0 Å². The van der Waals surface area contributed by atoms with E-state index >= 15 is 0 Å². The summed E-state index contributed by atoms with van der Waals surface area (Å²) >= 11 is 3.54. The number of rotatable bonds is 4. The zero-order chi connectivity index (χ0) is 12.3. The largest absolute Gasteiger partial charge is 0.307 e. The van der Waals surface area contributed by atoms with Gasteiger partial charge in [-0.1, -0.05) is 0 Å². The maximum Gasteiger partial charge on any atom is 0.0931 e. The molecule has 0 fully saturated rings. The fraction of sp³-hybridized carbons (Fsp3) is 0.333. The van der Waals surface area contributed by atoms with Crippen LogP contribution in [0.25, 0.3) is 0 Å². The molecule has 2 aromatic rings. The van der Waals surface area contributed by atoms with Gasteiger partial charge in [0.1, 0.15) is 0 Å². The number of aryl methyl sites for hydroxylation is 1. The molecule has 5 heteroatoms. The molecule has 90 valence electrons. The number of hydrogen-bond acceptors (Lipinski definition) is 3. The molecule has 17 heavy (non-hydrogen) atoms. The van der Waals surface area contributed by atoms with Crippen molar-refractivity contribution in [2.45, 2.75) is 19.5 Å². The molecule has 4 nitrogen and oxygen atoms in total. The highest BCUT2D eigenvalue weighted by Gasteiger charge is 2.19. The van der Waals surface area contributed by atoms with E-state index in [0.29, 0.717) is 0 Å². The molecule has 0 spiro atoms. The summed E-state index contributed by atoms with van der Waals surface area (Å²) in [4.78, 5) is 4.43. The molecule has 0 amide bonds. The lowest BCUT2D eigenvalue weighted by atomic mass is 10.1. The summed E-state index contributed by atoms with van der Waals surface area (Å²) in [5.74, 6) is 0. The highest BCUT2D eigenvalue weighted by Crippen LogP contribution is 2.25. The third-order valence-electron chi connectivity index (χ3n) is 2.69. The molecule has 1 unspecified atom stereocenters. The maximum absolute atomic E-state index is 4.43. The molecule has 1 N–H and O–H groups in total. The van der Waals surface area contributed by atoms with Crippen LogP contribution >= 0.6 is 15.9 Å². The van der Waals surface area contributed by atoms with Crippen molar-refractivity contribution < 1.29 is 0 Å². The molecule has 2 heterocycles. The molecule has 2 rings (SSSR count). The highest BCUT2D eigenvalue weighted by atomic mass is 79.9. The molecular weight excluding hydrogens is 280 g/mol. The SMILES string of the molecule is CCn1nccc1C(NC)c1ncccc1Br. The molecule has 0 radical (unpaired) electrons. The Balaban J connectivity index is 2.44. The van der Waals surface area contributed by atoms with Crippen molar-refractivity contribution in [2.75, 3.05) is 7.05 Å². The summed E-state index contributed by atoms with van der Waals surface area (Å²) in [6.07, 6.45) is 3.62. The Bertz CT molecular complexity index is 495. The van der Waals surface area contributed by atoms with Crippen LogP contribution < -0.4 is 5.32 Å². The van der Waals surface area contributed by atoms with E-state index in [1.54, 1.807) is 6.20 Å². The summed E-state index contributed by atoms with van der Waals surface area (Å²) in [7, 11) is 1.93. The van der Waals surface area contributed by atoms with Gasteiger partial charge in [0.2, 0.25) is 0 Å². The molecule has 0 aromatic carbocycles. The number of hydrogen-bond donors (Lipinski definition) is 1. The fourth-order valence-electron chi connectivity index (χ4n) is 1.89. The molecule has 0 saturated carbocycles. The first kappa shape index (κ1) is 12.3. The average Bonchev–Trinajstić information content (AvgIpc) is 2.81. The van der Waals surface area contributed by atoms with Crippen molar-refractivity contribution in [1.82, 2.24) is 20.1 Å². The lowest BCUT2D eigenvalue weighted by molar-refractivity contribution is 0.554. The van der Waals surface area contributed by atoms with Crippen LogP contribution in [0.2, 0.25) is 0 Å². The van der Waals surface area contributed by atoms with Crippen molar-refractivity contribution in [3.05, 3.63) is 46.5 Å². The quantitative estimate of drug-likeness (QED) is 0.941. The zero-order valence-electron chi connectivity index (χ0n) is 9.89. The third-order valence-corrected chi connectivity index (χ3v) is 3.36. The van der Waals surface area contributed by atoms with Gasteiger partial charge in [-0.3, -0.25) is 9.67 Å². The molecule has 0 aliphatic carbocycles. The topological polar surface area (TPSA) is 42.7 Å². The van der Waals surface area contributed by atoms with E-state index in [0.717, 1.165) is 22.4 Å². The molecule has 0 bridgehead atoms. The summed E-state index contributed by atoms with van der Waals surface area (Å²) < 4.78 is 2.98. The summed E-state index contributed by atoms with van der Waals surface area (Å²) in [6.45, 7) is 2.93. The minimum atomic E-state index is 0.0491. The van der Waals surface area contributed by atoms with E-state index in [4.69, 9.17) is 0 Å². The van der Waals surface area contributed by atoms with Gasteiger partial charge in [0.15, 0.2) is 0 Å². The Labute approximate surface area is 109 Å². The van der Waals surface area contributed by atoms with Crippen LogP contribution in [0, 0.1) is 0 Å². The number of halogens is 1. The van der Waals surface area contributed by atoms with Crippen LogP contribution in [-0.4, -0.2) is 21.8 Å². The lowest BCUT2D eigenvalue weighted by Gasteiger charge is -2.18. The minimum absolute atomic E-state index is 0.0491. The highest BCUT2D eigenvalue weighted by molar-refractivity contribution is 9.10. The summed E-state index contributed by atoms with van der Waals surface area (Å²) in [5, 5.41) is 7.58. The second kappa shape index (κ2) is 5.42. The van der Waals surface area contributed by atoms with Crippen molar-refractivity contribution in [1.29, 1.82) is 0 Å². The van der Waals surface area contributed by atoms with E-state index < -0.39 is 0 Å². The van der Waals surface area contributed by atoms with Gasteiger partial charge in [0.25, 0.3) is 0 Å². The third kappa shape index (κ3) is 2.40. The predicted molar refractivity (Wildman–Crippen MR) is 70.7 cm³/mol. The van der Waals surface area contributed by atoms with E-state index in [9.17, 15) is 0 Å². The van der Waals surface area contributed by atoms with E-state index in [2.05, 4.69) is 38.3 Å². The second-order valence-corrected chi connectivity index (χ2v) is 4.52. The molecular formula is C12H15BrN4. The molecule has 0 aliphatic rings. The van der Waals surface area contributed by atoms with Crippen LogP contribution in [0.1, 0.15) is 24.4 Å². The fourth-order valence-corrected chi connectivity index (χ4v) is 2.37. The lowest BCUT2D eigenvalue weighted by Crippen LogP contribution is -2.22. The van der Waals surface area contributed by atoms with Gasteiger partial charge in [0, 0.05) is 23.4 Å². The first-order chi connectivity index (χ1) is 8.27.